The van der Waals surface area contributed by atoms with Crippen LogP contribution in [0.1, 0.15) is 24.0 Å². The Morgan fingerprint density at radius 1 is 1.04 bits per heavy atom. The fraction of sp³-hybridized carbons (Fsp3) is 0.235. The number of halogens is 4. The van der Waals surface area contributed by atoms with Gasteiger partial charge in [0.1, 0.15) is 0 Å². The van der Waals surface area contributed by atoms with Crippen molar-refractivity contribution in [2.24, 2.45) is 5.16 Å². The number of benzene rings is 2. The van der Waals surface area contributed by atoms with Gasteiger partial charge in [-0.1, -0.05) is 63.6 Å². The Balaban J connectivity index is 1.93. The van der Waals surface area contributed by atoms with Crippen LogP contribution in [-0.2, 0) is 10.4 Å². The Bertz CT molecular complexity index is 713. The molecule has 0 spiro atoms. The molecular weight excluding hydrogens is 371 g/mol. The first-order valence-corrected chi connectivity index (χ1v) is 7.81. The number of alkyl halides is 3. The van der Waals surface area contributed by atoms with Crippen LogP contribution < -0.4 is 0 Å². The first-order chi connectivity index (χ1) is 10.9. The van der Waals surface area contributed by atoms with Gasteiger partial charge in [0, 0.05) is 10.9 Å². The molecule has 1 aliphatic heterocycles. The predicted octanol–water partition coefficient (Wildman–Crippen LogP) is 5.42. The van der Waals surface area contributed by atoms with Crippen molar-refractivity contribution in [2.45, 2.75) is 24.6 Å². The molecular formula is C17H13BrF3NO. The van der Waals surface area contributed by atoms with Gasteiger partial charge in [0.25, 0.3) is 0 Å². The van der Waals surface area contributed by atoms with Gasteiger partial charge in [0.2, 0.25) is 0 Å². The monoisotopic (exact) mass is 383 g/mol. The largest absolute Gasteiger partial charge is 0.393 e. The Morgan fingerprint density at radius 3 is 2.30 bits per heavy atom. The molecule has 0 saturated heterocycles. The third-order valence-electron chi connectivity index (χ3n) is 3.75. The summed E-state index contributed by atoms with van der Waals surface area (Å²) in [6.45, 7) is 0. The third kappa shape index (κ3) is 3.58. The summed E-state index contributed by atoms with van der Waals surface area (Å²) in [6.07, 6.45) is -5.34. The molecule has 0 amide bonds. The Hall–Kier alpha value is -1.82. The zero-order valence-electron chi connectivity index (χ0n) is 12.0. The lowest BCUT2D eigenvalue weighted by Crippen LogP contribution is -2.32. The molecule has 0 saturated carbocycles. The molecule has 23 heavy (non-hydrogen) atoms. The van der Waals surface area contributed by atoms with Crippen molar-refractivity contribution in [1.29, 1.82) is 0 Å². The van der Waals surface area contributed by atoms with Crippen LogP contribution in [0.25, 0.3) is 0 Å². The van der Waals surface area contributed by atoms with Crippen molar-refractivity contribution in [3.8, 4) is 0 Å². The van der Waals surface area contributed by atoms with Gasteiger partial charge in [-0.2, -0.15) is 13.2 Å². The van der Waals surface area contributed by atoms with Gasteiger partial charge in [0.05, 0.1) is 12.1 Å². The number of hydrogen-bond acceptors (Lipinski definition) is 2. The van der Waals surface area contributed by atoms with Gasteiger partial charge in [-0.15, -0.1) is 0 Å². The highest BCUT2D eigenvalue weighted by Gasteiger charge is 2.49. The van der Waals surface area contributed by atoms with Crippen LogP contribution in [0.5, 0.6) is 0 Å². The summed E-state index contributed by atoms with van der Waals surface area (Å²) in [5.74, 6) is 0. The van der Waals surface area contributed by atoms with E-state index in [-0.39, 0.29) is 6.42 Å². The van der Waals surface area contributed by atoms with Crippen molar-refractivity contribution >= 4 is 21.6 Å². The summed E-state index contributed by atoms with van der Waals surface area (Å²) < 4.78 is 40.1. The van der Waals surface area contributed by atoms with Crippen molar-refractivity contribution in [2.75, 3.05) is 0 Å². The smallest absolute Gasteiger partial charge is 0.383 e. The number of hydrogen-bond donors (Lipinski definition) is 0. The molecule has 0 fully saturated rings. The average molecular weight is 384 g/mol. The van der Waals surface area contributed by atoms with E-state index in [1.807, 2.05) is 12.1 Å². The molecule has 0 N–H and O–H groups in total. The fourth-order valence-corrected chi connectivity index (χ4v) is 2.96. The quantitative estimate of drug-likeness (QED) is 0.693. The summed E-state index contributed by atoms with van der Waals surface area (Å²) in [6, 6.07) is 15.7. The topological polar surface area (TPSA) is 21.6 Å². The molecule has 0 aliphatic carbocycles. The van der Waals surface area contributed by atoms with Crippen LogP contribution >= 0.6 is 15.9 Å². The maximum atomic E-state index is 13.1. The van der Waals surface area contributed by atoms with E-state index in [2.05, 4.69) is 21.1 Å². The molecule has 6 heteroatoms. The fourth-order valence-electron chi connectivity index (χ4n) is 2.69. The standard InChI is InChI=1S/C17H13BrF3NO/c18-14-8-6-12(7-9-14)15-10-16(23-22-15,11-17(19,20)21)13-4-2-1-3-5-13/h1-9H,10-11H2. The second-order valence-electron chi connectivity index (χ2n) is 5.47. The zero-order chi connectivity index (χ0) is 16.5. The highest BCUT2D eigenvalue weighted by atomic mass is 79.9. The average Bonchev–Trinajstić information content (AvgIpc) is 2.92. The summed E-state index contributed by atoms with van der Waals surface area (Å²) in [5, 5.41) is 3.95. The van der Waals surface area contributed by atoms with Crippen LogP contribution in [0, 0.1) is 0 Å². The van der Waals surface area contributed by atoms with Crippen LogP contribution in [0.3, 0.4) is 0 Å². The molecule has 0 bridgehead atoms. The van der Waals surface area contributed by atoms with Gasteiger partial charge in [-0.05, 0) is 23.3 Å². The van der Waals surface area contributed by atoms with Crippen LogP contribution in [0.15, 0.2) is 64.2 Å². The number of rotatable bonds is 3. The van der Waals surface area contributed by atoms with E-state index in [4.69, 9.17) is 4.84 Å². The van der Waals surface area contributed by atoms with Gasteiger partial charge in [-0.3, -0.25) is 0 Å². The maximum absolute atomic E-state index is 13.1. The van der Waals surface area contributed by atoms with E-state index in [1.165, 1.54) is 0 Å². The van der Waals surface area contributed by atoms with Gasteiger partial charge >= 0.3 is 6.18 Å². The highest BCUT2D eigenvalue weighted by molar-refractivity contribution is 9.10. The van der Waals surface area contributed by atoms with Crippen molar-refractivity contribution in [3.63, 3.8) is 0 Å². The molecule has 0 aromatic heterocycles. The van der Waals surface area contributed by atoms with Gasteiger partial charge in [0.15, 0.2) is 5.60 Å². The van der Waals surface area contributed by atoms with Crippen LogP contribution in [0.4, 0.5) is 13.2 Å². The van der Waals surface area contributed by atoms with Crippen molar-refractivity contribution in [3.05, 3.63) is 70.2 Å². The Labute approximate surface area is 140 Å². The summed E-state index contributed by atoms with van der Waals surface area (Å²) in [7, 11) is 0. The van der Waals surface area contributed by atoms with E-state index < -0.39 is 18.2 Å². The minimum atomic E-state index is -4.35. The molecule has 0 radical (unpaired) electrons. The van der Waals surface area contributed by atoms with E-state index in [9.17, 15) is 13.2 Å². The van der Waals surface area contributed by atoms with Gasteiger partial charge < -0.3 is 4.84 Å². The van der Waals surface area contributed by atoms with Crippen LogP contribution in [0.2, 0.25) is 0 Å². The molecule has 1 heterocycles. The summed E-state index contributed by atoms with van der Waals surface area (Å²) >= 11 is 3.33. The normalized spacial score (nSPS) is 21.0. The minimum absolute atomic E-state index is 0.0815. The van der Waals surface area contributed by atoms with E-state index in [0.717, 1.165) is 10.0 Å². The van der Waals surface area contributed by atoms with E-state index in [1.54, 1.807) is 42.5 Å². The van der Waals surface area contributed by atoms with E-state index >= 15 is 0 Å². The first-order valence-electron chi connectivity index (χ1n) is 7.01. The molecule has 1 aliphatic rings. The molecule has 2 aromatic carbocycles. The lowest BCUT2D eigenvalue weighted by molar-refractivity contribution is -0.186. The third-order valence-corrected chi connectivity index (χ3v) is 4.28. The van der Waals surface area contributed by atoms with E-state index in [0.29, 0.717) is 11.3 Å². The number of nitrogens with zero attached hydrogens (tertiary/aromatic N) is 1. The second-order valence-corrected chi connectivity index (χ2v) is 6.38. The SMILES string of the molecule is FC(F)(F)CC1(c2ccccc2)CC(c2ccc(Br)cc2)=NO1. The highest BCUT2D eigenvalue weighted by Crippen LogP contribution is 2.44. The zero-order valence-corrected chi connectivity index (χ0v) is 13.6. The molecule has 2 aromatic rings. The van der Waals surface area contributed by atoms with Crippen molar-refractivity contribution < 1.29 is 18.0 Å². The lowest BCUT2D eigenvalue weighted by atomic mass is 9.84. The molecule has 1 unspecified atom stereocenters. The molecule has 2 nitrogen and oxygen atoms in total. The Morgan fingerprint density at radius 2 is 1.70 bits per heavy atom. The van der Waals surface area contributed by atoms with Crippen LogP contribution in [-0.4, -0.2) is 11.9 Å². The summed E-state index contributed by atoms with van der Waals surface area (Å²) in [4.78, 5) is 5.36. The molecule has 120 valence electrons. The molecule has 1 atom stereocenters. The van der Waals surface area contributed by atoms with Gasteiger partial charge in [-0.25, -0.2) is 0 Å². The second kappa shape index (κ2) is 6.00. The predicted molar refractivity (Wildman–Crippen MR) is 85.2 cm³/mol. The number of oxime groups is 1. The first kappa shape index (κ1) is 16.1. The molecule has 3 rings (SSSR count). The maximum Gasteiger partial charge on any atom is 0.393 e. The summed E-state index contributed by atoms with van der Waals surface area (Å²) in [5.41, 5.74) is 0.258. The lowest BCUT2D eigenvalue weighted by Gasteiger charge is -2.28. The minimum Gasteiger partial charge on any atom is -0.383 e. The van der Waals surface area contributed by atoms with Crippen molar-refractivity contribution in [1.82, 2.24) is 0 Å². The Kier molecular flexibility index (Phi) is 4.19.